The van der Waals surface area contributed by atoms with Crippen molar-refractivity contribution in [2.75, 3.05) is 50.8 Å². The molecular formula is C23H26ClN3O3S. The van der Waals surface area contributed by atoms with Gasteiger partial charge in [-0.25, -0.2) is 4.98 Å². The summed E-state index contributed by atoms with van der Waals surface area (Å²) in [7, 11) is 0. The van der Waals surface area contributed by atoms with Crippen molar-refractivity contribution in [3.8, 4) is 5.75 Å². The van der Waals surface area contributed by atoms with Gasteiger partial charge < -0.3 is 14.4 Å². The molecule has 0 radical (unpaired) electrons. The number of carbonyl (C=O) groups is 1. The molecule has 2 heterocycles. The molecule has 1 aliphatic heterocycles. The van der Waals surface area contributed by atoms with Gasteiger partial charge in [0.25, 0.3) is 0 Å². The second kappa shape index (κ2) is 10.3. The van der Waals surface area contributed by atoms with Crippen LogP contribution in [0.1, 0.15) is 12.5 Å². The van der Waals surface area contributed by atoms with E-state index in [0.717, 1.165) is 64.4 Å². The standard InChI is InChI=1S/C23H26ClN3O3S/c1-2-29-22(28)15-17-4-3-5-19(14-17)30-13-12-26-8-10-27(11-9-26)23-25-20-7-6-18(24)16-21(20)31-23/h3-7,14,16H,2,8-13,15H2,1H3. The fraction of sp³-hybridized carbons (Fsp3) is 0.391. The first-order valence-corrected chi connectivity index (χ1v) is 11.7. The maximum absolute atomic E-state index is 11.7. The zero-order chi connectivity index (χ0) is 21.6. The fourth-order valence-corrected chi connectivity index (χ4v) is 4.89. The number of benzene rings is 2. The van der Waals surface area contributed by atoms with Gasteiger partial charge in [-0.3, -0.25) is 9.69 Å². The van der Waals surface area contributed by atoms with Gasteiger partial charge in [0.1, 0.15) is 12.4 Å². The normalized spacial score (nSPS) is 14.7. The molecule has 0 amide bonds. The second-order valence-corrected chi connectivity index (χ2v) is 8.86. The summed E-state index contributed by atoms with van der Waals surface area (Å²) in [6.07, 6.45) is 0.269. The van der Waals surface area contributed by atoms with Crippen LogP contribution in [-0.4, -0.2) is 61.8 Å². The Bertz CT molecular complexity index is 1030. The van der Waals surface area contributed by atoms with E-state index in [2.05, 4.69) is 9.80 Å². The quantitative estimate of drug-likeness (QED) is 0.469. The number of aromatic nitrogens is 1. The van der Waals surface area contributed by atoms with Crippen LogP contribution >= 0.6 is 22.9 Å². The fourth-order valence-electron chi connectivity index (χ4n) is 3.60. The zero-order valence-corrected chi connectivity index (χ0v) is 19.1. The second-order valence-electron chi connectivity index (χ2n) is 7.41. The van der Waals surface area contributed by atoms with Crippen molar-refractivity contribution in [2.24, 2.45) is 0 Å². The highest BCUT2D eigenvalue weighted by molar-refractivity contribution is 7.22. The van der Waals surface area contributed by atoms with Crippen LogP contribution in [0.15, 0.2) is 42.5 Å². The average Bonchev–Trinajstić information content (AvgIpc) is 3.18. The van der Waals surface area contributed by atoms with Gasteiger partial charge in [-0.15, -0.1) is 0 Å². The molecular weight excluding hydrogens is 434 g/mol. The van der Waals surface area contributed by atoms with E-state index >= 15 is 0 Å². The molecule has 164 valence electrons. The van der Waals surface area contributed by atoms with Gasteiger partial charge in [0.05, 0.1) is 23.2 Å². The van der Waals surface area contributed by atoms with E-state index in [9.17, 15) is 4.79 Å². The first-order chi connectivity index (χ1) is 15.1. The summed E-state index contributed by atoms with van der Waals surface area (Å²) in [5.74, 6) is 0.572. The highest BCUT2D eigenvalue weighted by Crippen LogP contribution is 2.31. The van der Waals surface area contributed by atoms with Crippen LogP contribution < -0.4 is 9.64 Å². The SMILES string of the molecule is CCOC(=O)Cc1cccc(OCCN2CCN(c3nc4ccc(Cl)cc4s3)CC2)c1. The maximum atomic E-state index is 11.7. The number of esters is 1. The molecule has 6 nitrogen and oxygen atoms in total. The summed E-state index contributed by atoms with van der Waals surface area (Å²) in [5.41, 5.74) is 1.91. The number of fused-ring (bicyclic) bond motifs is 1. The summed E-state index contributed by atoms with van der Waals surface area (Å²) in [4.78, 5) is 21.2. The Morgan fingerprint density at radius 3 is 2.81 bits per heavy atom. The summed E-state index contributed by atoms with van der Waals surface area (Å²) in [6, 6.07) is 13.5. The van der Waals surface area contributed by atoms with Crippen LogP contribution in [0.3, 0.4) is 0 Å². The molecule has 0 saturated carbocycles. The molecule has 0 unspecified atom stereocenters. The molecule has 1 aliphatic rings. The lowest BCUT2D eigenvalue weighted by molar-refractivity contribution is -0.142. The number of hydrogen-bond acceptors (Lipinski definition) is 7. The average molecular weight is 460 g/mol. The monoisotopic (exact) mass is 459 g/mol. The molecule has 0 aliphatic carbocycles. The lowest BCUT2D eigenvalue weighted by atomic mass is 10.1. The first-order valence-electron chi connectivity index (χ1n) is 10.5. The molecule has 31 heavy (non-hydrogen) atoms. The van der Waals surface area contributed by atoms with Crippen molar-refractivity contribution < 1.29 is 14.3 Å². The van der Waals surface area contributed by atoms with Gasteiger partial charge in [0.2, 0.25) is 0 Å². The molecule has 4 rings (SSSR count). The smallest absolute Gasteiger partial charge is 0.310 e. The van der Waals surface area contributed by atoms with Gasteiger partial charge in [0, 0.05) is 37.7 Å². The minimum atomic E-state index is -0.214. The van der Waals surface area contributed by atoms with E-state index in [-0.39, 0.29) is 12.4 Å². The number of thiazole rings is 1. The Labute approximate surface area is 191 Å². The molecule has 2 aromatic carbocycles. The Kier molecular flexibility index (Phi) is 7.27. The van der Waals surface area contributed by atoms with Crippen molar-refractivity contribution in [3.05, 3.63) is 53.1 Å². The van der Waals surface area contributed by atoms with Crippen molar-refractivity contribution >= 4 is 44.3 Å². The van der Waals surface area contributed by atoms with Gasteiger partial charge in [-0.1, -0.05) is 35.1 Å². The predicted molar refractivity (Wildman–Crippen MR) is 126 cm³/mol. The molecule has 0 atom stereocenters. The molecule has 8 heteroatoms. The Morgan fingerprint density at radius 2 is 2.00 bits per heavy atom. The summed E-state index contributed by atoms with van der Waals surface area (Å²) < 4.78 is 12.1. The third kappa shape index (κ3) is 5.87. The lowest BCUT2D eigenvalue weighted by Gasteiger charge is -2.34. The van der Waals surface area contributed by atoms with Crippen molar-refractivity contribution in [2.45, 2.75) is 13.3 Å². The van der Waals surface area contributed by atoms with Crippen molar-refractivity contribution in [1.82, 2.24) is 9.88 Å². The van der Waals surface area contributed by atoms with Crippen LogP contribution in [0.5, 0.6) is 5.75 Å². The van der Waals surface area contributed by atoms with E-state index in [0.29, 0.717) is 13.2 Å². The van der Waals surface area contributed by atoms with E-state index in [1.807, 2.05) is 49.4 Å². The number of nitrogens with zero attached hydrogens (tertiary/aromatic N) is 3. The first kappa shape index (κ1) is 21.9. The van der Waals surface area contributed by atoms with E-state index in [1.165, 1.54) is 0 Å². The highest BCUT2D eigenvalue weighted by Gasteiger charge is 2.20. The summed E-state index contributed by atoms with van der Waals surface area (Å²) in [6.45, 7) is 7.53. The van der Waals surface area contributed by atoms with Gasteiger partial charge >= 0.3 is 5.97 Å². The number of anilines is 1. The summed E-state index contributed by atoms with van der Waals surface area (Å²) in [5, 5.41) is 1.81. The lowest BCUT2D eigenvalue weighted by Crippen LogP contribution is -2.47. The minimum absolute atomic E-state index is 0.214. The van der Waals surface area contributed by atoms with Gasteiger partial charge in [-0.2, -0.15) is 0 Å². The van der Waals surface area contributed by atoms with E-state index in [1.54, 1.807) is 11.3 Å². The van der Waals surface area contributed by atoms with Gasteiger partial charge in [0.15, 0.2) is 5.13 Å². The molecule has 0 N–H and O–H groups in total. The predicted octanol–water partition coefficient (Wildman–Crippen LogP) is 4.26. The number of piperazine rings is 1. The number of rotatable bonds is 8. The van der Waals surface area contributed by atoms with Crippen LogP contribution in [-0.2, 0) is 16.0 Å². The topological polar surface area (TPSA) is 54.9 Å². The Balaban J connectivity index is 1.23. The minimum Gasteiger partial charge on any atom is -0.492 e. The highest BCUT2D eigenvalue weighted by atomic mass is 35.5. The van der Waals surface area contributed by atoms with E-state index < -0.39 is 0 Å². The third-order valence-corrected chi connectivity index (χ3v) is 6.52. The number of halogens is 1. The molecule has 1 saturated heterocycles. The molecule has 1 aromatic heterocycles. The van der Waals surface area contributed by atoms with E-state index in [4.69, 9.17) is 26.1 Å². The number of ether oxygens (including phenoxy) is 2. The number of hydrogen-bond donors (Lipinski definition) is 0. The molecule has 3 aromatic rings. The third-order valence-electron chi connectivity index (χ3n) is 5.21. The van der Waals surface area contributed by atoms with Crippen LogP contribution in [0.2, 0.25) is 5.02 Å². The number of carbonyl (C=O) groups excluding carboxylic acids is 1. The van der Waals surface area contributed by atoms with Crippen LogP contribution in [0.4, 0.5) is 5.13 Å². The Hall–Kier alpha value is -2.35. The van der Waals surface area contributed by atoms with Crippen LogP contribution in [0, 0.1) is 0 Å². The Morgan fingerprint density at radius 1 is 1.16 bits per heavy atom. The van der Waals surface area contributed by atoms with Crippen molar-refractivity contribution in [3.63, 3.8) is 0 Å². The molecule has 1 fully saturated rings. The van der Waals surface area contributed by atoms with Crippen molar-refractivity contribution in [1.29, 1.82) is 0 Å². The largest absolute Gasteiger partial charge is 0.492 e. The van der Waals surface area contributed by atoms with Gasteiger partial charge in [-0.05, 0) is 42.8 Å². The maximum Gasteiger partial charge on any atom is 0.310 e. The van der Waals surface area contributed by atoms with Crippen LogP contribution in [0.25, 0.3) is 10.2 Å². The zero-order valence-electron chi connectivity index (χ0n) is 17.6. The summed E-state index contributed by atoms with van der Waals surface area (Å²) >= 11 is 7.79. The molecule has 0 spiro atoms. The molecule has 0 bridgehead atoms.